The van der Waals surface area contributed by atoms with Crippen LogP contribution in [-0.4, -0.2) is 56.5 Å². The van der Waals surface area contributed by atoms with Crippen LogP contribution in [0.1, 0.15) is 39.0 Å². The number of tetrazole rings is 1. The van der Waals surface area contributed by atoms with Gasteiger partial charge < -0.3 is 10.0 Å². The summed E-state index contributed by atoms with van der Waals surface area (Å²) in [5.74, 6) is 0. The SMILES string of the molecule is CCC[C@]1(CO)CCCN(CCCn2cnnn2)C1. The lowest BCUT2D eigenvalue weighted by Gasteiger charge is -2.42. The summed E-state index contributed by atoms with van der Waals surface area (Å²) in [5, 5.41) is 20.8. The van der Waals surface area contributed by atoms with Gasteiger partial charge in [-0.25, -0.2) is 4.68 Å². The van der Waals surface area contributed by atoms with Gasteiger partial charge in [0.05, 0.1) is 0 Å². The molecule has 0 unspecified atom stereocenters. The molecule has 2 rings (SSSR count). The van der Waals surface area contributed by atoms with E-state index in [1.807, 2.05) is 0 Å². The minimum atomic E-state index is 0.141. The molecule has 108 valence electrons. The van der Waals surface area contributed by atoms with Crippen LogP contribution < -0.4 is 0 Å². The van der Waals surface area contributed by atoms with Gasteiger partial charge in [-0.2, -0.15) is 0 Å². The van der Waals surface area contributed by atoms with E-state index in [1.165, 1.54) is 12.8 Å². The van der Waals surface area contributed by atoms with Crippen molar-refractivity contribution in [1.82, 2.24) is 25.1 Å². The zero-order chi connectivity index (χ0) is 13.6. The lowest BCUT2D eigenvalue weighted by molar-refractivity contribution is 0.0241. The average molecular weight is 267 g/mol. The number of rotatable bonds is 7. The number of hydrogen-bond donors (Lipinski definition) is 1. The fourth-order valence-electron chi connectivity index (χ4n) is 3.18. The van der Waals surface area contributed by atoms with Gasteiger partial charge in [0, 0.05) is 25.1 Å². The molecule has 0 spiro atoms. The highest BCUT2D eigenvalue weighted by molar-refractivity contribution is 4.86. The normalized spacial score (nSPS) is 24.7. The van der Waals surface area contributed by atoms with Crippen molar-refractivity contribution in [3.05, 3.63) is 6.33 Å². The van der Waals surface area contributed by atoms with E-state index in [1.54, 1.807) is 11.0 Å². The Hall–Kier alpha value is -1.01. The number of likely N-dealkylation sites (tertiary alicyclic amines) is 1. The van der Waals surface area contributed by atoms with Crippen LogP contribution in [0.25, 0.3) is 0 Å². The Balaban J connectivity index is 1.77. The van der Waals surface area contributed by atoms with Gasteiger partial charge in [0.15, 0.2) is 0 Å². The van der Waals surface area contributed by atoms with Gasteiger partial charge >= 0.3 is 0 Å². The molecule has 0 saturated carbocycles. The zero-order valence-electron chi connectivity index (χ0n) is 11.8. The number of aromatic nitrogens is 4. The van der Waals surface area contributed by atoms with Crippen molar-refractivity contribution in [1.29, 1.82) is 0 Å². The second kappa shape index (κ2) is 6.96. The Labute approximate surface area is 114 Å². The number of aliphatic hydroxyl groups excluding tert-OH is 1. The number of hydrogen-bond acceptors (Lipinski definition) is 5. The lowest BCUT2D eigenvalue weighted by atomic mass is 9.77. The predicted molar refractivity (Wildman–Crippen MR) is 72.5 cm³/mol. The Morgan fingerprint density at radius 1 is 1.37 bits per heavy atom. The third kappa shape index (κ3) is 3.98. The number of piperidine rings is 1. The van der Waals surface area contributed by atoms with Crippen molar-refractivity contribution in [2.75, 3.05) is 26.2 Å². The van der Waals surface area contributed by atoms with E-state index in [4.69, 9.17) is 0 Å². The maximum atomic E-state index is 9.71. The molecule has 19 heavy (non-hydrogen) atoms. The average Bonchev–Trinajstić information content (AvgIpc) is 2.93. The van der Waals surface area contributed by atoms with E-state index < -0.39 is 0 Å². The largest absolute Gasteiger partial charge is 0.396 e. The quantitative estimate of drug-likeness (QED) is 0.796. The molecule has 0 aliphatic carbocycles. The van der Waals surface area contributed by atoms with Crippen molar-refractivity contribution in [2.45, 2.75) is 45.6 Å². The standard InChI is InChI=1S/C13H25N5O/c1-2-5-13(11-19)6-3-7-17(10-13)8-4-9-18-12-14-15-16-18/h12,19H,2-11H2,1H3/t13-/m0/s1. The molecule has 1 aliphatic heterocycles. The first-order valence-corrected chi connectivity index (χ1v) is 7.32. The molecule has 1 aromatic rings. The topological polar surface area (TPSA) is 67.1 Å². The van der Waals surface area contributed by atoms with Crippen molar-refractivity contribution >= 4 is 0 Å². The molecule has 1 saturated heterocycles. The Morgan fingerprint density at radius 2 is 2.26 bits per heavy atom. The fourth-order valence-corrected chi connectivity index (χ4v) is 3.18. The molecule has 0 amide bonds. The second-order valence-electron chi connectivity index (χ2n) is 5.71. The predicted octanol–water partition coefficient (Wildman–Crippen LogP) is 0.938. The number of aryl methyl sites for hydroxylation is 1. The van der Waals surface area contributed by atoms with Crippen molar-refractivity contribution < 1.29 is 5.11 Å². The van der Waals surface area contributed by atoms with Gasteiger partial charge in [0.25, 0.3) is 0 Å². The first-order chi connectivity index (χ1) is 9.28. The fraction of sp³-hybridized carbons (Fsp3) is 0.923. The van der Waals surface area contributed by atoms with Gasteiger partial charge in [-0.1, -0.05) is 13.3 Å². The van der Waals surface area contributed by atoms with E-state index in [0.717, 1.165) is 45.4 Å². The first-order valence-electron chi connectivity index (χ1n) is 7.32. The highest BCUT2D eigenvalue weighted by Crippen LogP contribution is 2.34. The van der Waals surface area contributed by atoms with E-state index in [9.17, 15) is 5.11 Å². The Morgan fingerprint density at radius 3 is 2.95 bits per heavy atom. The van der Waals surface area contributed by atoms with Crippen LogP contribution in [0.3, 0.4) is 0 Å². The molecule has 1 fully saturated rings. The van der Waals surface area contributed by atoms with E-state index in [-0.39, 0.29) is 5.41 Å². The van der Waals surface area contributed by atoms with Gasteiger partial charge in [-0.3, -0.25) is 0 Å². The van der Waals surface area contributed by atoms with Crippen molar-refractivity contribution in [2.24, 2.45) is 5.41 Å². The number of aliphatic hydroxyl groups is 1. The van der Waals surface area contributed by atoms with Crippen molar-refractivity contribution in [3.8, 4) is 0 Å². The zero-order valence-corrected chi connectivity index (χ0v) is 11.8. The summed E-state index contributed by atoms with van der Waals surface area (Å²) in [6.45, 7) is 6.64. The molecule has 1 aliphatic rings. The van der Waals surface area contributed by atoms with E-state index in [2.05, 4.69) is 27.3 Å². The van der Waals surface area contributed by atoms with Crippen LogP contribution in [0, 0.1) is 5.41 Å². The molecule has 1 aromatic heterocycles. The van der Waals surface area contributed by atoms with E-state index >= 15 is 0 Å². The van der Waals surface area contributed by atoms with Gasteiger partial charge in [0.2, 0.25) is 0 Å². The molecule has 0 aromatic carbocycles. The third-order valence-electron chi connectivity index (χ3n) is 4.11. The highest BCUT2D eigenvalue weighted by Gasteiger charge is 2.33. The highest BCUT2D eigenvalue weighted by atomic mass is 16.3. The maximum Gasteiger partial charge on any atom is 0.138 e. The summed E-state index contributed by atoms with van der Waals surface area (Å²) in [5.41, 5.74) is 0.141. The molecule has 1 N–H and O–H groups in total. The second-order valence-corrected chi connectivity index (χ2v) is 5.71. The molecule has 6 nitrogen and oxygen atoms in total. The summed E-state index contributed by atoms with van der Waals surface area (Å²) >= 11 is 0. The molecule has 1 atom stereocenters. The summed E-state index contributed by atoms with van der Waals surface area (Å²) in [6.07, 6.45) is 7.36. The van der Waals surface area contributed by atoms with Gasteiger partial charge in [-0.15, -0.1) is 5.10 Å². The van der Waals surface area contributed by atoms with Crippen LogP contribution in [0.15, 0.2) is 6.33 Å². The molecular formula is C13H25N5O. The molecule has 0 bridgehead atoms. The Kier molecular flexibility index (Phi) is 5.27. The summed E-state index contributed by atoms with van der Waals surface area (Å²) < 4.78 is 1.77. The molecule has 2 heterocycles. The maximum absolute atomic E-state index is 9.71. The van der Waals surface area contributed by atoms with Crippen LogP contribution in [-0.2, 0) is 6.54 Å². The molecular weight excluding hydrogens is 242 g/mol. The van der Waals surface area contributed by atoms with Gasteiger partial charge in [0.1, 0.15) is 6.33 Å². The van der Waals surface area contributed by atoms with Crippen LogP contribution in [0.2, 0.25) is 0 Å². The smallest absolute Gasteiger partial charge is 0.138 e. The monoisotopic (exact) mass is 267 g/mol. The van der Waals surface area contributed by atoms with E-state index in [0.29, 0.717) is 6.61 Å². The van der Waals surface area contributed by atoms with Crippen LogP contribution in [0.5, 0.6) is 0 Å². The van der Waals surface area contributed by atoms with Crippen LogP contribution in [0.4, 0.5) is 0 Å². The Bertz CT molecular complexity index is 352. The van der Waals surface area contributed by atoms with Gasteiger partial charge in [-0.05, 0) is 49.2 Å². The van der Waals surface area contributed by atoms with Crippen molar-refractivity contribution in [3.63, 3.8) is 0 Å². The summed E-state index contributed by atoms with van der Waals surface area (Å²) in [4.78, 5) is 2.49. The van der Waals surface area contributed by atoms with Crippen LogP contribution >= 0.6 is 0 Å². The third-order valence-corrected chi connectivity index (χ3v) is 4.11. The first kappa shape index (κ1) is 14.4. The molecule has 0 radical (unpaired) electrons. The lowest BCUT2D eigenvalue weighted by Crippen LogP contribution is -2.45. The minimum absolute atomic E-state index is 0.141. The minimum Gasteiger partial charge on any atom is -0.396 e. The molecule has 6 heteroatoms. The summed E-state index contributed by atoms with van der Waals surface area (Å²) in [6, 6.07) is 0. The number of nitrogens with zero attached hydrogens (tertiary/aromatic N) is 5. The summed E-state index contributed by atoms with van der Waals surface area (Å²) in [7, 11) is 0.